The van der Waals surface area contributed by atoms with E-state index >= 15 is 0 Å². The maximum absolute atomic E-state index is 12.0. The van der Waals surface area contributed by atoms with Crippen LogP contribution in [0.5, 0.6) is 5.75 Å². The Morgan fingerprint density at radius 2 is 1.86 bits per heavy atom. The number of benzene rings is 1. The summed E-state index contributed by atoms with van der Waals surface area (Å²) < 4.78 is 5.63. The second-order valence-corrected chi connectivity index (χ2v) is 5.45. The molecule has 0 aliphatic rings. The van der Waals surface area contributed by atoms with E-state index in [1.807, 2.05) is 26.0 Å². The summed E-state index contributed by atoms with van der Waals surface area (Å²) in [5.74, 6) is 0.529. The van der Waals surface area contributed by atoms with Crippen LogP contribution in [0.3, 0.4) is 0 Å². The van der Waals surface area contributed by atoms with Gasteiger partial charge in [0, 0.05) is 6.04 Å². The zero-order valence-electron chi connectivity index (χ0n) is 13.4. The van der Waals surface area contributed by atoms with Gasteiger partial charge in [-0.05, 0) is 44.4 Å². The largest absolute Gasteiger partial charge is 0.481 e. The molecule has 0 radical (unpaired) electrons. The minimum Gasteiger partial charge on any atom is -0.481 e. The fourth-order valence-corrected chi connectivity index (χ4v) is 2.13. The Kier molecular flexibility index (Phi) is 7.23. The second kappa shape index (κ2) is 8.67. The van der Waals surface area contributed by atoms with E-state index in [1.54, 1.807) is 19.1 Å². The van der Waals surface area contributed by atoms with Gasteiger partial charge < -0.3 is 15.2 Å². The molecule has 0 fully saturated rings. The van der Waals surface area contributed by atoms with E-state index in [4.69, 9.17) is 4.74 Å². The highest BCUT2D eigenvalue weighted by atomic mass is 16.5. The van der Waals surface area contributed by atoms with Crippen LogP contribution in [-0.4, -0.2) is 23.2 Å². The van der Waals surface area contributed by atoms with E-state index in [9.17, 15) is 9.90 Å². The number of aliphatic hydroxyl groups is 1. The molecule has 4 heteroatoms. The molecule has 1 aromatic carbocycles. The second-order valence-electron chi connectivity index (χ2n) is 5.45. The van der Waals surface area contributed by atoms with E-state index < -0.39 is 12.2 Å². The van der Waals surface area contributed by atoms with Crippen LogP contribution in [0.4, 0.5) is 0 Å². The molecule has 3 atom stereocenters. The van der Waals surface area contributed by atoms with Crippen LogP contribution >= 0.6 is 0 Å². The predicted octanol–water partition coefficient (Wildman–Crippen LogP) is 3.20. The van der Waals surface area contributed by atoms with Crippen molar-refractivity contribution < 1.29 is 14.6 Å². The van der Waals surface area contributed by atoms with Crippen molar-refractivity contribution in [3.05, 3.63) is 29.8 Å². The van der Waals surface area contributed by atoms with Crippen LogP contribution < -0.4 is 10.1 Å². The number of rotatable bonds is 8. The zero-order valence-corrected chi connectivity index (χ0v) is 13.4. The number of ether oxygens (including phenoxy) is 1. The summed E-state index contributed by atoms with van der Waals surface area (Å²) in [6.07, 6.45) is 1.69. The first kappa shape index (κ1) is 17.5. The highest BCUT2D eigenvalue weighted by molar-refractivity contribution is 5.80. The molecular formula is C17H27NO3. The van der Waals surface area contributed by atoms with Crippen LogP contribution in [0.15, 0.2) is 24.3 Å². The van der Waals surface area contributed by atoms with Crippen molar-refractivity contribution in [2.75, 3.05) is 0 Å². The molecule has 1 aromatic rings. The van der Waals surface area contributed by atoms with Crippen molar-refractivity contribution in [1.29, 1.82) is 0 Å². The molecule has 0 saturated heterocycles. The average Bonchev–Trinajstić information content (AvgIpc) is 2.47. The third-order valence-electron chi connectivity index (χ3n) is 3.44. The van der Waals surface area contributed by atoms with Gasteiger partial charge in [-0.1, -0.05) is 32.4 Å². The van der Waals surface area contributed by atoms with Gasteiger partial charge in [0.1, 0.15) is 5.75 Å². The number of hydrogen-bond acceptors (Lipinski definition) is 3. The van der Waals surface area contributed by atoms with Crippen molar-refractivity contribution >= 4 is 5.91 Å². The molecular weight excluding hydrogens is 266 g/mol. The van der Waals surface area contributed by atoms with Gasteiger partial charge in [0.2, 0.25) is 0 Å². The minimum atomic E-state index is -0.536. The first-order chi connectivity index (χ1) is 9.97. The topological polar surface area (TPSA) is 58.6 Å². The van der Waals surface area contributed by atoms with Crippen LogP contribution in [0.2, 0.25) is 0 Å². The molecule has 0 saturated carbocycles. The average molecular weight is 293 g/mol. The third kappa shape index (κ3) is 5.76. The number of carbonyl (C=O) groups is 1. The van der Waals surface area contributed by atoms with Crippen molar-refractivity contribution in [3.8, 4) is 5.75 Å². The molecule has 1 rings (SSSR count). The lowest BCUT2D eigenvalue weighted by molar-refractivity contribution is -0.127. The van der Waals surface area contributed by atoms with Gasteiger partial charge in [-0.3, -0.25) is 4.79 Å². The van der Waals surface area contributed by atoms with Crippen molar-refractivity contribution in [1.82, 2.24) is 5.32 Å². The van der Waals surface area contributed by atoms with Crippen molar-refractivity contribution in [2.45, 2.75) is 65.2 Å². The van der Waals surface area contributed by atoms with Crippen LogP contribution in [-0.2, 0) is 4.79 Å². The Balaban J connectivity index is 2.54. The lowest BCUT2D eigenvalue weighted by atomic mass is 10.1. The standard InChI is InChI=1S/C17H27NO3/c1-5-7-12(3)18-17(20)13(4)21-15-10-8-14(9-11-15)16(19)6-2/h8-13,16,19H,5-7H2,1-4H3,(H,18,20). The summed E-state index contributed by atoms with van der Waals surface area (Å²) in [5, 5.41) is 12.7. The number of hydrogen-bond donors (Lipinski definition) is 2. The Hall–Kier alpha value is -1.55. The zero-order chi connectivity index (χ0) is 15.8. The molecule has 4 nitrogen and oxygen atoms in total. The number of amides is 1. The monoisotopic (exact) mass is 293 g/mol. The molecule has 3 unspecified atom stereocenters. The smallest absolute Gasteiger partial charge is 0.260 e. The fourth-order valence-electron chi connectivity index (χ4n) is 2.13. The van der Waals surface area contributed by atoms with Crippen LogP contribution in [0.25, 0.3) is 0 Å². The third-order valence-corrected chi connectivity index (χ3v) is 3.44. The Bertz CT molecular complexity index is 430. The minimum absolute atomic E-state index is 0.103. The van der Waals surface area contributed by atoms with Gasteiger partial charge in [-0.25, -0.2) is 0 Å². The quantitative estimate of drug-likeness (QED) is 0.774. The van der Waals surface area contributed by atoms with Gasteiger partial charge in [0.25, 0.3) is 5.91 Å². The molecule has 0 spiro atoms. The SMILES string of the molecule is CCCC(C)NC(=O)C(C)Oc1ccc(C(O)CC)cc1. The highest BCUT2D eigenvalue weighted by Gasteiger charge is 2.16. The van der Waals surface area contributed by atoms with Gasteiger partial charge >= 0.3 is 0 Å². The van der Waals surface area contributed by atoms with Crippen molar-refractivity contribution in [2.24, 2.45) is 0 Å². The van der Waals surface area contributed by atoms with E-state index in [0.717, 1.165) is 18.4 Å². The lowest BCUT2D eigenvalue weighted by Crippen LogP contribution is -2.41. The fraction of sp³-hybridized carbons (Fsp3) is 0.588. The number of nitrogens with one attached hydrogen (secondary N) is 1. The molecule has 0 aliphatic heterocycles. The summed E-state index contributed by atoms with van der Waals surface area (Å²) in [6.45, 7) is 7.76. The Labute approximate surface area is 127 Å². The van der Waals surface area contributed by atoms with Crippen LogP contribution in [0, 0.1) is 0 Å². The first-order valence-corrected chi connectivity index (χ1v) is 7.72. The summed E-state index contributed by atoms with van der Waals surface area (Å²) in [4.78, 5) is 12.0. The van der Waals surface area contributed by atoms with E-state index in [0.29, 0.717) is 12.2 Å². The van der Waals surface area contributed by atoms with E-state index in [2.05, 4.69) is 12.2 Å². The highest BCUT2D eigenvalue weighted by Crippen LogP contribution is 2.20. The number of aliphatic hydroxyl groups excluding tert-OH is 1. The Morgan fingerprint density at radius 1 is 1.24 bits per heavy atom. The van der Waals surface area contributed by atoms with E-state index in [-0.39, 0.29) is 11.9 Å². The molecule has 2 N–H and O–H groups in total. The van der Waals surface area contributed by atoms with Gasteiger partial charge in [0.15, 0.2) is 6.10 Å². The predicted molar refractivity (Wildman–Crippen MR) is 84.3 cm³/mol. The van der Waals surface area contributed by atoms with Crippen LogP contribution in [0.1, 0.15) is 58.6 Å². The van der Waals surface area contributed by atoms with Gasteiger partial charge in [-0.2, -0.15) is 0 Å². The summed E-state index contributed by atoms with van der Waals surface area (Å²) in [5.41, 5.74) is 0.860. The molecule has 118 valence electrons. The molecule has 1 amide bonds. The van der Waals surface area contributed by atoms with Crippen molar-refractivity contribution in [3.63, 3.8) is 0 Å². The number of carbonyl (C=O) groups excluding carboxylic acids is 1. The molecule has 0 aliphatic carbocycles. The van der Waals surface area contributed by atoms with E-state index in [1.165, 1.54) is 0 Å². The normalized spacial score (nSPS) is 15.1. The van der Waals surface area contributed by atoms with Gasteiger partial charge in [-0.15, -0.1) is 0 Å². The lowest BCUT2D eigenvalue weighted by Gasteiger charge is -2.18. The molecule has 0 bridgehead atoms. The maximum atomic E-state index is 12.0. The first-order valence-electron chi connectivity index (χ1n) is 7.72. The maximum Gasteiger partial charge on any atom is 0.260 e. The Morgan fingerprint density at radius 3 is 2.38 bits per heavy atom. The van der Waals surface area contributed by atoms with Gasteiger partial charge in [0.05, 0.1) is 6.10 Å². The summed E-state index contributed by atoms with van der Waals surface area (Å²) in [7, 11) is 0. The summed E-state index contributed by atoms with van der Waals surface area (Å²) in [6, 6.07) is 7.39. The summed E-state index contributed by atoms with van der Waals surface area (Å²) >= 11 is 0. The molecule has 0 heterocycles. The molecule has 21 heavy (non-hydrogen) atoms. The molecule has 0 aromatic heterocycles.